The Bertz CT molecular complexity index is 1090. The summed E-state index contributed by atoms with van der Waals surface area (Å²) in [4.78, 5) is 0. The van der Waals surface area contributed by atoms with Crippen molar-refractivity contribution in [2.75, 3.05) is 6.61 Å². The van der Waals surface area contributed by atoms with Gasteiger partial charge in [-0.25, -0.2) is 0 Å². The molecule has 4 nitrogen and oxygen atoms in total. The van der Waals surface area contributed by atoms with E-state index in [0.717, 1.165) is 16.8 Å². The number of imidazole rings is 1. The lowest BCUT2D eigenvalue weighted by Crippen LogP contribution is -2.27. The molecule has 27 heavy (non-hydrogen) atoms. The van der Waals surface area contributed by atoms with Crippen molar-refractivity contribution >= 4 is 11.0 Å². The van der Waals surface area contributed by atoms with Crippen molar-refractivity contribution in [3.8, 4) is 5.75 Å². The van der Waals surface area contributed by atoms with Gasteiger partial charge in [0.2, 0.25) is 5.62 Å². The molecule has 136 valence electrons. The normalized spacial score (nSPS) is 11.0. The van der Waals surface area contributed by atoms with Crippen LogP contribution >= 0.6 is 0 Å². The van der Waals surface area contributed by atoms with Gasteiger partial charge in [-0.2, -0.15) is 0 Å². The van der Waals surface area contributed by atoms with Crippen molar-refractivity contribution in [1.29, 1.82) is 5.41 Å². The number of hydrogen-bond donors (Lipinski definition) is 1. The van der Waals surface area contributed by atoms with Gasteiger partial charge < -0.3 is 13.9 Å². The van der Waals surface area contributed by atoms with Crippen LogP contribution in [0.1, 0.15) is 11.1 Å². The second-order valence-electron chi connectivity index (χ2n) is 6.70. The Hall–Kier alpha value is -3.27. The van der Waals surface area contributed by atoms with Crippen molar-refractivity contribution < 1.29 is 4.74 Å². The number of fused-ring (bicyclic) bond motifs is 1. The van der Waals surface area contributed by atoms with Crippen LogP contribution in [0, 0.1) is 12.3 Å². The average molecular weight is 357 g/mol. The van der Waals surface area contributed by atoms with E-state index in [9.17, 15) is 0 Å². The van der Waals surface area contributed by atoms with E-state index in [1.807, 2.05) is 59.2 Å². The maximum atomic E-state index is 8.71. The summed E-state index contributed by atoms with van der Waals surface area (Å²) in [7, 11) is 0. The molecule has 0 radical (unpaired) electrons. The Kier molecular flexibility index (Phi) is 4.79. The topological polar surface area (TPSA) is 42.9 Å². The molecule has 0 aliphatic heterocycles. The number of nitrogens with zero attached hydrogens (tertiary/aromatic N) is 2. The summed E-state index contributed by atoms with van der Waals surface area (Å²) < 4.78 is 9.96. The van der Waals surface area contributed by atoms with E-state index in [0.29, 0.717) is 25.3 Å². The fourth-order valence-electron chi connectivity index (χ4n) is 3.34. The third kappa shape index (κ3) is 3.65. The molecule has 0 spiro atoms. The molecule has 4 rings (SSSR count). The minimum absolute atomic E-state index is 0.493. The number of nitrogens with one attached hydrogen (secondary N) is 1. The molecule has 0 aliphatic rings. The second kappa shape index (κ2) is 7.54. The van der Waals surface area contributed by atoms with Crippen molar-refractivity contribution in [1.82, 2.24) is 9.13 Å². The van der Waals surface area contributed by atoms with Crippen LogP contribution in [0.3, 0.4) is 0 Å². The Morgan fingerprint density at radius 3 is 2.11 bits per heavy atom. The lowest BCUT2D eigenvalue weighted by molar-refractivity contribution is 0.296. The number of benzene rings is 3. The summed E-state index contributed by atoms with van der Waals surface area (Å²) in [5.74, 6) is 0.862. The molecule has 0 amide bonds. The molecule has 3 aromatic carbocycles. The molecule has 4 heteroatoms. The maximum absolute atomic E-state index is 8.71. The summed E-state index contributed by atoms with van der Waals surface area (Å²) in [6, 6.07) is 26.5. The predicted octanol–water partition coefficient (Wildman–Crippen LogP) is 4.36. The van der Waals surface area contributed by atoms with Crippen LogP contribution in [0.4, 0.5) is 0 Å². The lowest BCUT2D eigenvalue weighted by Gasteiger charge is -2.08. The number of aromatic nitrogens is 2. The first-order valence-electron chi connectivity index (χ1n) is 9.18. The Morgan fingerprint density at radius 1 is 0.778 bits per heavy atom. The van der Waals surface area contributed by atoms with Gasteiger partial charge in [0, 0.05) is 0 Å². The molecule has 0 saturated heterocycles. The van der Waals surface area contributed by atoms with Gasteiger partial charge in [0.15, 0.2) is 0 Å². The van der Waals surface area contributed by atoms with Crippen LogP contribution in [-0.2, 0) is 13.1 Å². The summed E-state index contributed by atoms with van der Waals surface area (Å²) >= 11 is 0. The third-order valence-electron chi connectivity index (χ3n) is 4.76. The van der Waals surface area contributed by atoms with Crippen LogP contribution in [0.5, 0.6) is 5.75 Å². The number of para-hydroxylation sites is 2. The fraction of sp³-hybridized carbons (Fsp3) is 0.174. The van der Waals surface area contributed by atoms with Crippen LogP contribution < -0.4 is 10.4 Å². The number of hydrogen-bond acceptors (Lipinski definition) is 2. The van der Waals surface area contributed by atoms with Gasteiger partial charge in [0.1, 0.15) is 12.4 Å². The molecule has 0 bridgehead atoms. The lowest BCUT2D eigenvalue weighted by atomic mass is 10.2. The Morgan fingerprint density at radius 2 is 1.41 bits per heavy atom. The summed E-state index contributed by atoms with van der Waals surface area (Å²) in [6.07, 6.45) is 0. The fourth-order valence-corrected chi connectivity index (χ4v) is 3.34. The van der Waals surface area contributed by atoms with E-state index in [1.165, 1.54) is 11.1 Å². The van der Waals surface area contributed by atoms with Crippen molar-refractivity contribution in [2.24, 2.45) is 0 Å². The molecule has 1 heterocycles. The molecular formula is C23H23N3O. The average Bonchev–Trinajstić information content (AvgIpc) is 2.96. The highest BCUT2D eigenvalue weighted by atomic mass is 16.5. The van der Waals surface area contributed by atoms with Crippen LogP contribution in [-0.4, -0.2) is 15.7 Å². The van der Waals surface area contributed by atoms with Gasteiger partial charge in [-0.15, -0.1) is 0 Å². The third-order valence-corrected chi connectivity index (χ3v) is 4.76. The van der Waals surface area contributed by atoms with E-state index in [2.05, 4.69) is 35.8 Å². The van der Waals surface area contributed by atoms with E-state index < -0.39 is 0 Å². The summed E-state index contributed by atoms with van der Waals surface area (Å²) in [5.41, 5.74) is 5.03. The van der Waals surface area contributed by atoms with Crippen molar-refractivity contribution in [3.63, 3.8) is 0 Å². The van der Waals surface area contributed by atoms with Crippen LogP contribution in [0.15, 0.2) is 78.9 Å². The van der Waals surface area contributed by atoms with Crippen LogP contribution in [0.2, 0.25) is 0 Å². The zero-order valence-corrected chi connectivity index (χ0v) is 15.4. The highest BCUT2D eigenvalue weighted by Crippen LogP contribution is 2.15. The molecule has 0 unspecified atom stereocenters. The van der Waals surface area contributed by atoms with Gasteiger partial charge in [-0.3, -0.25) is 5.41 Å². The number of ether oxygens (including phenoxy) is 1. The minimum atomic E-state index is 0.493. The van der Waals surface area contributed by atoms with Crippen molar-refractivity contribution in [2.45, 2.75) is 20.0 Å². The minimum Gasteiger partial charge on any atom is -0.492 e. The molecule has 4 aromatic rings. The molecular weight excluding hydrogens is 334 g/mol. The van der Waals surface area contributed by atoms with Crippen molar-refractivity contribution in [3.05, 3.63) is 95.6 Å². The molecule has 0 saturated carbocycles. The first-order chi connectivity index (χ1) is 13.2. The molecule has 0 fully saturated rings. The smallest absolute Gasteiger partial charge is 0.203 e. The molecule has 1 N–H and O–H groups in total. The standard InChI is InChI=1S/C23H23N3O/c1-18-11-13-20(14-12-18)27-16-15-25-21-9-5-6-10-22(21)26(23(25)24)17-19-7-3-2-4-8-19/h2-14,24H,15-17H2,1H3. The predicted molar refractivity (Wildman–Crippen MR) is 108 cm³/mol. The molecule has 0 atom stereocenters. The quantitative estimate of drug-likeness (QED) is 0.547. The zero-order valence-electron chi connectivity index (χ0n) is 15.4. The highest BCUT2D eigenvalue weighted by molar-refractivity contribution is 5.76. The number of rotatable bonds is 6. The maximum Gasteiger partial charge on any atom is 0.203 e. The Labute approximate surface area is 158 Å². The van der Waals surface area contributed by atoms with E-state index in [-0.39, 0.29) is 0 Å². The van der Waals surface area contributed by atoms with E-state index in [4.69, 9.17) is 10.1 Å². The zero-order chi connectivity index (χ0) is 18.6. The SMILES string of the molecule is Cc1ccc(OCCn2c(=N)n(Cc3ccccc3)c3ccccc32)cc1. The van der Waals surface area contributed by atoms with Gasteiger partial charge in [-0.05, 0) is 36.8 Å². The first kappa shape index (κ1) is 17.2. The first-order valence-corrected chi connectivity index (χ1v) is 9.18. The summed E-state index contributed by atoms with van der Waals surface area (Å²) in [5, 5.41) is 8.71. The Balaban J connectivity index is 1.60. The van der Waals surface area contributed by atoms with Crippen LogP contribution in [0.25, 0.3) is 11.0 Å². The van der Waals surface area contributed by atoms with Gasteiger partial charge in [-0.1, -0.05) is 60.2 Å². The largest absolute Gasteiger partial charge is 0.492 e. The van der Waals surface area contributed by atoms with Gasteiger partial charge >= 0.3 is 0 Å². The second-order valence-corrected chi connectivity index (χ2v) is 6.70. The van der Waals surface area contributed by atoms with E-state index >= 15 is 0 Å². The molecule has 1 aromatic heterocycles. The monoisotopic (exact) mass is 357 g/mol. The van der Waals surface area contributed by atoms with Gasteiger partial charge in [0.05, 0.1) is 24.1 Å². The molecule has 0 aliphatic carbocycles. The van der Waals surface area contributed by atoms with E-state index in [1.54, 1.807) is 0 Å². The van der Waals surface area contributed by atoms with Gasteiger partial charge in [0.25, 0.3) is 0 Å². The number of aryl methyl sites for hydroxylation is 1. The summed E-state index contributed by atoms with van der Waals surface area (Å²) in [6.45, 7) is 3.91. The highest BCUT2D eigenvalue weighted by Gasteiger charge is 2.11.